The van der Waals surface area contributed by atoms with Gasteiger partial charge in [-0.05, 0) is 189 Å². The van der Waals surface area contributed by atoms with E-state index in [1.807, 2.05) is 121 Å². The fourth-order valence-electron chi connectivity index (χ4n) is 19.4. The average Bonchev–Trinajstić information content (AvgIpc) is 1.58. The van der Waals surface area contributed by atoms with Gasteiger partial charge >= 0.3 is 0 Å². The van der Waals surface area contributed by atoms with E-state index in [9.17, 15) is 1.37 Å². The van der Waals surface area contributed by atoms with Crippen molar-refractivity contribution in [3.05, 3.63) is 461 Å². The number of hydrogen-bond acceptors (Lipinski definition) is 3. The second kappa shape index (κ2) is 30.4. The SMILES string of the molecule is [2H]c1c([2H])c([2H])c(-c2cccc(-c3c4ccccc4c(-c4cccc5c4oc4ccccc45)c4ccccc34)c2)c([2H])c1[2H].[2H]c1c([2H])c([2H])c2c(oc3c(-c4c5ccccc5c(-c5cccc(-c6cccc7ccccc67)c5)c5ccccc45)c([2H])c([2H])c([2H])c32)c1[2H].c1cc(-c2cccc3ccccc23)cc(-c2c3ccccc3c(-c3cccc4c3oc3ccccc34)c3ccccc23)c1. The molecule has 3 nitrogen and oxygen atoms in total. The van der Waals surface area contributed by atoms with Crippen LogP contribution in [0.5, 0.6) is 0 Å². The Bertz CT molecular complexity index is 9410. The van der Waals surface area contributed by atoms with Crippen LogP contribution in [0.1, 0.15) is 16.4 Å². The fourth-order valence-corrected chi connectivity index (χ4v) is 19.4. The van der Waals surface area contributed by atoms with Crippen LogP contribution in [0.4, 0.5) is 0 Å². The first kappa shape index (κ1) is 60.9. The number of rotatable bonds is 9. The summed E-state index contributed by atoms with van der Waals surface area (Å²) in [5.41, 5.74) is 20.8. The second-order valence-corrected chi connectivity index (χ2v) is 31.6. The molecule has 3 heteroatoms. The molecule has 0 aliphatic heterocycles. The molecule has 0 aliphatic rings. The monoisotopic (exact) mass is 1600 g/mol. The summed E-state index contributed by atoms with van der Waals surface area (Å²) in [5.74, 6) is 0. The summed E-state index contributed by atoms with van der Waals surface area (Å²) in [7, 11) is 0. The molecule has 582 valence electrons. The van der Waals surface area contributed by atoms with Crippen molar-refractivity contribution in [1.82, 2.24) is 0 Å². The van der Waals surface area contributed by atoms with Gasteiger partial charge in [0.25, 0.3) is 0 Å². The molecule has 0 atom stereocenters. The van der Waals surface area contributed by atoms with Crippen molar-refractivity contribution in [2.45, 2.75) is 0 Å². The van der Waals surface area contributed by atoms with Crippen molar-refractivity contribution < 1.29 is 29.7 Å². The Morgan fingerprint density at radius 3 is 0.856 bits per heavy atom. The summed E-state index contributed by atoms with van der Waals surface area (Å²) < 4.78 is 122. The molecule has 0 bridgehead atoms. The lowest BCUT2D eigenvalue weighted by Crippen LogP contribution is -1.91. The third kappa shape index (κ3) is 12.3. The van der Waals surface area contributed by atoms with Crippen molar-refractivity contribution in [2.75, 3.05) is 0 Å². The minimum absolute atomic E-state index is 0.0428. The van der Waals surface area contributed by atoms with Crippen LogP contribution < -0.4 is 0 Å². The summed E-state index contributed by atoms with van der Waals surface area (Å²) >= 11 is 0. The van der Waals surface area contributed by atoms with Crippen LogP contribution in [0, 0.1) is 0 Å². The number of hydrogen-bond donors (Lipinski definition) is 0. The maximum absolute atomic E-state index is 9.24. The van der Waals surface area contributed by atoms with Crippen molar-refractivity contribution in [1.29, 1.82) is 0 Å². The van der Waals surface area contributed by atoms with E-state index in [-0.39, 0.29) is 87.4 Å². The van der Waals surface area contributed by atoms with E-state index in [2.05, 4.69) is 261 Å². The van der Waals surface area contributed by atoms with Crippen LogP contribution >= 0.6 is 0 Å². The largest absolute Gasteiger partial charge is 0.455 e. The van der Waals surface area contributed by atoms with Crippen LogP contribution in [0.25, 0.3) is 252 Å². The lowest BCUT2D eigenvalue weighted by Gasteiger charge is -2.18. The number of fused-ring (bicyclic) bond motifs is 17. The van der Waals surface area contributed by atoms with Gasteiger partial charge < -0.3 is 13.3 Å². The molecule has 0 N–H and O–H groups in total. The molecule has 0 saturated heterocycles. The molecular weight excluding hydrogens is 1510 g/mol. The van der Waals surface area contributed by atoms with E-state index in [1.54, 1.807) is 6.07 Å². The van der Waals surface area contributed by atoms with Crippen molar-refractivity contribution >= 4 is 152 Å². The Morgan fingerprint density at radius 1 is 0.144 bits per heavy atom. The maximum Gasteiger partial charge on any atom is 0.143 e. The molecule has 0 unspecified atom stereocenters. The summed E-state index contributed by atoms with van der Waals surface area (Å²) in [6.45, 7) is 0. The first-order valence-corrected chi connectivity index (χ1v) is 41.9. The van der Waals surface area contributed by atoms with E-state index in [1.165, 1.54) is 70.9 Å². The minimum atomic E-state index is -0.446. The Kier molecular flexibility index (Phi) is 14.8. The normalized spacial score (nSPS) is 13.0. The van der Waals surface area contributed by atoms with Gasteiger partial charge in [-0.3, -0.25) is 0 Å². The molecule has 0 aliphatic carbocycles. The highest BCUT2D eigenvalue weighted by Crippen LogP contribution is 2.52. The molecule has 0 spiro atoms. The minimum Gasteiger partial charge on any atom is -0.455 e. The Morgan fingerprint density at radius 2 is 0.424 bits per heavy atom. The predicted octanol–water partition coefficient (Wildman–Crippen LogP) is 35.0. The first-order chi connectivity index (χ1) is 67.0. The van der Waals surface area contributed by atoms with Gasteiger partial charge in [-0.25, -0.2) is 0 Å². The topological polar surface area (TPSA) is 39.4 Å². The van der Waals surface area contributed by atoms with Gasteiger partial charge in [0.1, 0.15) is 33.5 Å². The molecule has 0 amide bonds. The van der Waals surface area contributed by atoms with Gasteiger partial charge in [-0.15, -0.1) is 0 Å². The Hall–Kier alpha value is -16.5. The summed E-state index contributed by atoms with van der Waals surface area (Å²) in [4.78, 5) is 0. The zero-order valence-corrected chi connectivity index (χ0v) is 67.2. The zero-order chi connectivity index (χ0) is 92.9. The quantitative estimate of drug-likeness (QED) is 0.135. The van der Waals surface area contributed by atoms with Gasteiger partial charge in [0.2, 0.25) is 0 Å². The third-order valence-electron chi connectivity index (χ3n) is 24.8. The molecule has 23 aromatic carbocycles. The van der Waals surface area contributed by atoms with Crippen LogP contribution in [0.15, 0.2) is 474 Å². The van der Waals surface area contributed by atoms with Gasteiger partial charge in [-0.1, -0.05) is 424 Å². The van der Waals surface area contributed by atoms with Crippen LogP contribution in [-0.4, -0.2) is 0 Å². The summed E-state index contributed by atoms with van der Waals surface area (Å²) in [6.07, 6.45) is 0. The number of furan rings is 3. The maximum atomic E-state index is 9.24. The number of benzene rings is 23. The third-order valence-corrected chi connectivity index (χ3v) is 24.8. The molecule has 26 aromatic rings. The van der Waals surface area contributed by atoms with Gasteiger partial charge in [0.05, 0.1) is 16.4 Å². The standard InChI is InChI=1S/2C42H26O.C38H24O/c2*1-2-16-30-27(12-1)13-10-22-31(30)28-14-9-15-29(26-28)40-33-18-3-5-20-35(33)41(36-21-6-4-19-34(36)40)38-24-11-23-37-32-17-7-8-25-39(32)43-42(37)38;1-2-12-25(13-3-1)26-14-10-15-27(24-26)36-29-17-4-6-19-31(29)37(32-20-7-5-18-30(32)36)34-22-11-21-33-28-16-8-9-23-35(28)39-38(33)34/h2*1-26H;1-24H/i7D,8D,11D,17D,23D,24D,25D;;1D,2D,3D,12D,13D. The molecule has 125 heavy (non-hydrogen) atoms. The van der Waals surface area contributed by atoms with Crippen molar-refractivity contribution in [2.24, 2.45) is 0 Å². The van der Waals surface area contributed by atoms with E-state index in [0.29, 0.717) is 11.1 Å². The zero-order valence-electron chi connectivity index (χ0n) is 79.2. The molecule has 0 saturated carbocycles. The van der Waals surface area contributed by atoms with Gasteiger partial charge in [0.15, 0.2) is 0 Å². The molecular formula is C122H76O3. The van der Waals surface area contributed by atoms with Gasteiger partial charge in [-0.2, -0.15) is 0 Å². The van der Waals surface area contributed by atoms with E-state index in [4.69, 9.17) is 28.3 Å². The summed E-state index contributed by atoms with van der Waals surface area (Å²) in [6, 6.07) is 131. The highest BCUT2D eigenvalue weighted by molar-refractivity contribution is 6.28. The van der Waals surface area contributed by atoms with Crippen LogP contribution in [0.3, 0.4) is 0 Å². The highest BCUT2D eigenvalue weighted by Gasteiger charge is 2.26. The molecule has 3 heterocycles. The average molecular weight is 1600 g/mol. The smallest absolute Gasteiger partial charge is 0.143 e. The molecule has 0 fully saturated rings. The van der Waals surface area contributed by atoms with Crippen LogP contribution in [-0.2, 0) is 0 Å². The lowest BCUT2D eigenvalue weighted by atomic mass is 9.85. The highest BCUT2D eigenvalue weighted by atomic mass is 16.3. The Labute approximate surface area is 738 Å². The number of para-hydroxylation sites is 6. The predicted molar refractivity (Wildman–Crippen MR) is 530 cm³/mol. The van der Waals surface area contributed by atoms with Crippen molar-refractivity contribution in [3.63, 3.8) is 0 Å². The lowest BCUT2D eigenvalue weighted by molar-refractivity contribution is 0.669. The van der Waals surface area contributed by atoms with E-state index >= 15 is 0 Å². The van der Waals surface area contributed by atoms with Crippen molar-refractivity contribution in [3.8, 4) is 100 Å². The molecule has 3 aromatic heterocycles. The molecule has 26 rings (SSSR count). The van der Waals surface area contributed by atoms with E-state index < -0.39 is 18.1 Å². The second-order valence-electron chi connectivity index (χ2n) is 31.6. The fraction of sp³-hybridized carbons (Fsp3) is 0. The molecule has 0 radical (unpaired) electrons. The first-order valence-electron chi connectivity index (χ1n) is 47.9. The van der Waals surface area contributed by atoms with E-state index in [0.717, 1.165) is 137 Å². The Balaban J connectivity index is 0.000000112. The van der Waals surface area contributed by atoms with Gasteiger partial charge in [0, 0.05) is 65.7 Å². The van der Waals surface area contributed by atoms with Crippen LogP contribution in [0.2, 0.25) is 0 Å². The summed E-state index contributed by atoms with van der Waals surface area (Å²) in [5, 5.41) is 22.1.